The fourth-order valence-corrected chi connectivity index (χ4v) is 14.1. The lowest BCUT2D eigenvalue weighted by molar-refractivity contribution is 1.07. The summed E-state index contributed by atoms with van der Waals surface area (Å²) in [5.74, 6) is 3.92. The predicted molar refractivity (Wildman–Crippen MR) is 377 cm³/mol. The first-order valence-electron chi connectivity index (χ1n) is 30.0. The molecule has 0 bridgehead atoms. The molecule has 0 saturated carbocycles. The number of thiophene rings is 2. The van der Waals surface area contributed by atoms with Crippen molar-refractivity contribution in [3.8, 4) is 113 Å². The Morgan fingerprint density at radius 2 is 0.411 bits per heavy atom. The molecule has 0 unspecified atom stereocenters. The van der Waals surface area contributed by atoms with Crippen LogP contribution in [0.25, 0.3) is 164 Å². The van der Waals surface area contributed by atoms with E-state index in [-0.39, 0.29) is 0 Å². The van der Waals surface area contributed by atoms with Gasteiger partial charge < -0.3 is 0 Å². The van der Waals surface area contributed by atoms with Gasteiger partial charge in [0.05, 0.1) is 0 Å². The molecule has 0 saturated heterocycles. The summed E-state index contributed by atoms with van der Waals surface area (Å²) in [6.07, 6.45) is 0. The van der Waals surface area contributed by atoms with E-state index in [1.807, 2.05) is 65.1 Å². The first-order chi connectivity index (χ1) is 44.5. The maximum Gasteiger partial charge on any atom is 0.164 e. The minimum atomic E-state index is 0.650. The Labute approximate surface area is 528 Å². The molecular weight excluding hydrogens is 1130 g/mol. The first-order valence-corrected chi connectivity index (χ1v) is 31.6. The summed E-state index contributed by atoms with van der Waals surface area (Å²) in [6, 6.07) is 110. The highest BCUT2D eigenvalue weighted by atomic mass is 32.1. The van der Waals surface area contributed by atoms with E-state index in [2.05, 4.69) is 273 Å². The summed E-state index contributed by atoms with van der Waals surface area (Å²) < 4.78 is 5.24. The summed E-state index contributed by atoms with van der Waals surface area (Å²) >= 11 is 3.68. The Kier molecular flexibility index (Phi) is 14.2. The van der Waals surface area contributed by atoms with E-state index < -0.39 is 0 Å². The molecule has 17 rings (SSSR count). The molecule has 0 aliphatic heterocycles. The number of aromatic nitrogens is 6. The van der Waals surface area contributed by atoms with Crippen LogP contribution in [-0.4, -0.2) is 29.9 Å². The highest BCUT2D eigenvalue weighted by Gasteiger charge is 2.17. The second-order valence-electron chi connectivity index (χ2n) is 22.2. The third-order valence-corrected chi connectivity index (χ3v) is 18.8. The average molecular weight is 1190 g/mol. The van der Waals surface area contributed by atoms with Crippen LogP contribution in [0.1, 0.15) is 0 Å². The third-order valence-electron chi connectivity index (χ3n) is 16.5. The Balaban J connectivity index is 0.000000145. The maximum absolute atomic E-state index is 5.02. The van der Waals surface area contributed by atoms with Gasteiger partial charge in [-0.3, -0.25) is 0 Å². The van der Waals surface area contributed by atoms with E-state index in [9.17, 15) is 0 Å². The molecule has 90 heavy (non-hydrogen) atoms. The van der Waals surface area contributed by atoms with Gasteiger partial charge in [0.2, 0.25) is 0 Å². The van der Waals surface area contributed by atoms with Crippen LogP contribution < -0.4 is 0 Å². The van der Waals surface area contributed by atoms with Crippen molar-refractivity contribution in [2.45, 2.75) is 0 Å². The Morgan fingerprint density at radius 1 is 0.156 bits per heavy atom. The van der Waals surface area contributed by atoms with Crippen LogP contribution in [0, 0.1) is 0 Å². The predicted octanol–water partition coefficient (Wildman–Crippen LogP) is 22.3. The Hall–Kier alpha value is -11.4. The van der Waals surface area contributed by atoms with Gasteiger partial charge >= 0.3 is 0 Å². The van der Waals surface area contributed by atoms with Gasteiger partial charge in [0.25, 0.3) is 0 Å². The standard InChI is InChI=1S/C43H27N3S.C39H25N3S/c1-2-8-28(9-3-1)30-14-19-32(20-15-30)41-44-42(46-43(45-41)36-23-18-29-10-4-5-11-34(29)26-36)33-21-16-31(17-22-33)35-24-25-38-37-12-6-7-13-39(37)47-40(38)27-35;1-3-9-26(10-4-1)27-15-19-30(20-16-27)38-40-37(29-11-5-2-6-12-29)41-39(42-38)31-21-17-28(18-22-31)32-23-24-34-33-13-7-8-14-35(33)43-36(34)25-32/h1-27H;1-25H. The smallest absolute Gasteiger partial charge is 0.164 e. The molecule has 4 aromatic heterocycles. The lowest BCUT2D eigenvalue weighted by Gasteiger charge is -2.10. The molecule has 17 aromatic rings. The Bertz CT molecular complexity index is 5440. The normalized spacial score (nSPS) is 11.3. The monoisotopic (exact) mass is 1180 g/mol. The SMILES string of the molecule is c1ccc(-c2ccc(-c3nc(-c4ccc(-c5ccc6c(c5)sc5ccccc56)cc4)nc(-c4ccc5ccccc5c4)n3)cc2)cc1.c1ccc(-c2ccc(-c3nc(-c4ccccc4)nc(-c4ccc(-c5ccc6c(c5)sc5ccccc56)cc4)n3)cc2)cc1. The van der Waals surface area contributed by atoms with Gasteiger partial charge in [-0.2, -0.15) is 0 Å². The molecule has 0 amide bonds. The van der Waals surface area contributed by atoms with Gasteiger partial charge in [0.15, 0.2) is 34.9 Å². The molecule has 13 aromatic carbocycles. The fraction of sp³-hybridized carbons (Fsp3) is 0. The largest absolute Gasteiger partial charge is 0.208 e. The molecule has 6 nitrogen and oxygen atoms in total. The summed E-state index contributed by atoms with van der Waals surface area (Å²) in [6.45, 7) is 0. The molecule has 422 valence electrons. The molecule has 0 N–H and O–H groups in total. The number of nitrogens with zero attached hydrogens (tertiary/aromatic N) is 6. The van der Waals surface area contributed by atoms with Crippen molar-refractivity contribution in [1.82, 2.24) is 29.9 Å². The lowest BCUT2D eigenvalue weighted by Crippen LogP contribution is -2.00. The van der Waals surface area contributed by atoms with Gasteiger partial charge in [-0.25, -0.2) is 29.9 Å². The molecule has 0 aliphatic carbocycles. The highest BCUT2D eigenvalue weighted by molar-refractivity contribution is 7.26. The number of rotatable bonds is 10. The number of benzene rings is 13. The van der Waals surface area contributed by atoms with Crippen LogP contribution in [0.4, 0.5) is 0 Å². The average Bonchev–Trinajstić information content (AvgIpc) is 1.91. The van der Waals surface area contributed by atoms with E-state index in [4.69, 9.17) is 29.9 Å². The number of fused-ring (bicyclic) bond motifs is 7. The Morgan fingerprint density at radius 3 is 0.811 bits per heavy atom. The minimum absolute atomic E-state index is 0.650. The van der Waals surface area contributed by atoms with Crippen molar-refractivity contribution >= 4 is 73.8 Å². The zero-order chi connectivity index (χ0) is 59.7. The molecule has 0 atom stereocenters. The molecule has 0 spiro atoms. The van der Waals surface area contributed by atoms with Crippen LogP contribution in [0.3, 0.4) is 0 Å². The zero-order valence-corrected chi connectivity index (χ0v) is 50.2. The second-order valence-corrected chi connectivity index (χ2v) is 24.4. The molecule has 0 aliphatic rings. The minimum Gasteiger partial charge on any atom is -0.208 e. The van der Waals surface area contributed by atoms with Gasteiger partial charge in [-0.05, 0) is 85.6 Å². The van der Waals surface area contributed by atoms with Crippen molar-refractivity contribution in [2.75, 3.05) is 0 Å². The van der Waals surface area contributed by atoms with Crippen molar-refractivity contribution in [3.05, 3.63) is 315 Å². The lowest BCUT2D eigenvalue weighted by atomic mass is 10.0. The number of hydrogen-bond donors (Lipinski definition) is 0. The van der Waals surface area contributed by atoms with Gasteiger partial charge in [0, 0.05) is 73.7 Å². The summed E-state index contributed by atoms with van der Waals surface area (Å²) in [4.78, 5) is 29.8. The topological polar surface area (TPSA) is 77.3 Å². The highest BCUT2D eigenvalue weighted by Crippen LogP contribution is 2.39. The van der Waals surface area contributed by atoms with Crippen molar-refractivity contribution < 1.29 is 0 Å². The van der Waals surface area contributed by atoms with Crippen molar-refractivity contribution in [2.24, 2.45) is 0 Å². The summed E-state index contributed by atoms with van der Waals surface area (Å²) in [5, 5.41) is 7.59. The van der Waals surface area contributed by atoms with Gasteiger partial charge in [0.1, 0.15) is 0 Å². The number of hydrogen-bond acceptors (Lipinski definition) is 8. The zero-order valence-electron chi connectivity index (χ0n) is 48.5. The summed E-state index contributed by atoms with van der Waals surface area (Å²) in [5.41, 5.74) is 15.1. The van der Waals surface area contributed by atoms with Gasteiger partial charge in [-0.1, -0.05) is 285 Å². The van der Waals surface area contributed by atoms with Crippen molar-refractivity contribution in [3.63, 3.8) is 0 Å². The maximum atomic E-state index is 5.02. The van der Waals surface area contributed by atoms with Crippen molar-refractivity contribution in [1.29, 1.82) is 0 Å². The molecule has 4 heterocycles. The second kappa shape index (κ2) is 23.7. The van der Waals surface area contributed by atoms with E-state index in [1.54, 1.807) is 0 Å². The molecule has 0 radical (unpaired) electrons. The van der Waals surface area contributed by atoms with E-state index in [1.165, 1.54) is 68.0 Å². The van der Waals surface area contributed by atoms with E-state index in [0.717, 1.165) is 61.0 Å². The molecule has 8 heteroatoms. The first kappa shape index (κ1) is 54.0. The van der Waals surface area contributed by atoms with E-state index >= 15 is 0 Å². The van der Waals surface area contributed by atoms with Crippen LogP contribution in [-0.2, 0) is 0 Å². The molecule has 0 fully saturated rings. The van der Waals surface area contributed by atoms with Crippen LogP contribution in [0.5, 0.6) is 0 Å². The van der Waals surface area contributed by atoms with Crippen LogP contribution in [0.2, 0.25) is 0 Å². The van der Waals surface area contributed by atoms with E-state index in [0.29, 0.717) is 34.9 Å². The quantitative estimate of drug-likeness (QED) is 0.136. The third kappa shape index (κ3) is 10.9. The van der Waals surface area contributed by atoms with Crippen LogP contribution >= 0.6 is 22.7 Å². The molecular formula is C82H52N6S2. The summed E-state index contributed by atoms with van der Waals surface area (Å²) in [7, 11) is 0. The van der Waals surface area contributed by atoms with Crippen LogP contribution in [0.15, 0.2) is 315 Å². The van der Waals surface area contributed by atoms with Gasteiger partial charge in [-0.15, -0.1) is 22.7 Å². The fourth-order valence-electron chi connectivity index (χ4n) is 11.8.